The van der Waals surface area contributed by atoms with Gasteiger partial charge in [0.05, 0.1) is 12.4 Å². The van der Waals surface area contributed by atoms with E-state index in [2.05, 4.69) is 20.7 Å². The number of nitrogens with zero attached hydrogens (tertiary/aromatic N) is 4. The first-order valence-corrected chi connectivity index (χ1v) is 8.91. The Morgan fingerprint density at radius 2 is 2.00 bits per heavy atom. The molecular weight excluding hydrogens is 440 g/mol. The number of nitrogens with one attached hydrogen (secondary N) is 2. The third-order valence-corrected chi connectivity index (χ3v) is 5.15. The first-order chi connectivity index (χ1) is 12.3. The largest absolute Gasteiger partial charge is 0.405 e. The van der Waals surface area contributed by atoms with Crippen molar-refractivity contribution in [1.29, 1.82) is 0 Å². The molecule has 0 saturated carbocycles. The van der Waals surface area contributed by atoms with Crippen molar-refractivity contribution < 1.29 is 18.0 Å². The Kier molecular flexibility index (Phi) is 9.15. The van der Waals surface area contributed by atoms with Gasteiger partial charge in [-0.25, -0.2) is 4.98 Å². The van der Waals surface area contributed by atoms with Crippen LogP contribution in [0.5, 0.6) is 0 Å². The van der Waals surface area contributed by atoms with Gasteiger partial charge in [-0.3, -0.25) is 14.4 Å². The zero-order valence-corrected chi connectivity index (χ0v) is 17.4. The van der Waals surface area contributed by atoms with E-state index in [-0.39, 0.29) is 29.7 Å². The van der Waals surface area contributed by atoms with Gasteiger partial charge < -0.3 is 10.6 Å². The van der Waals surface area contributed by atoms with Gasteiger partial charge in [-0.1, -0.05) is 0 Å². The molecule has 2 aromatic rings. The van der Waals surface area contributed by atoms with Crippen LogP contribution in [-0.4, -0.2) is 70.5 Å². The van der Waals surface area contributed by atoms with Gasteiger partial charge in [0.15, 0.2) is 0 Å². The molecule has 3 rings (SSSR count). The zero-order valence-electron chi connectivity index (χ0n) is 14.9. The van der Waals surface area contributed by atoms with E-state index >= 15 is 0 Å². The fourth-order valence-electron chi connectivity index (χ4n) is 2.77. The SMILES string of the molecule is Cl.Cl.Cn1cc(-c2ncc(C(=O)NCC(N3CCNCC3)C(F)(F)F)s2)cn1. The summed E-state index contributed by atoms with van der Waals surface area (Å²) in [5.74, 6) is -0.554. The minimum atomic E-state index is -4.40. The highest BCUT2D eigenvalue weighted by Crippen LogP contribution is 2.26. The maximum absolute atomic E-state index is 13.4. The maximum atomic E-state index is 13.4. The summed E-state index contributed by atoms with van der Waals surface area (Å²) in [4.78, 5) is 18.0. The van der Waals surface area contributed by atoms with Gasteiger partial charge in [-0.05, 0) is 0 Å². The Hall–Kier alpha value is -1.40. The van der Waals surface area contributed by atoms with Crippen molar-refractivity contribution >= 4 is 42.1 Å². The van der Waals surface area contributed by atoms with Crippen LogP contribution in [0.3, 0.4) is 0 Å². The Bertz CT molecular complexity index is 763. The average Bonchev–Trinajstić information content (AvgIpc) is 3.23. The molecule has 1 saturated heterocycles. The van der Waals surface area contributed by atoms with Crippen molar-refractivity contribution in [3.05, 3.63) is 23.5 Å². The van der Waals surface area contributed by atoms with Crippen LogP contribution in [0.2, 0.25) is 0 Å². The fourth-order valence-corrected chi connectivity index (χ4v) is 3.57. The number of thiazole rings is 1. The van der Waals surface area contributed by atoms with Crippen molar-refractivity contribution in [2.24, 2.45) is 7.05 Å². The van der Waals surface area contributed by atoms with Gasteiger partial charge in [0.2, 0.25) is 0 Å². The second kappa shape index (κ2) is 10.4. The molecule has 0 radical (unpaired) electrons. The molecule has 2 aromatic heterocycles. The van der Waals surface area contributed by atoms with Crippen molar-refractivity contribution in [2.45, 2.75) is 12.2 Å². The van der Waals surface area contributed by atoms with Crippen molar-refractivity contribution in [3.8, 4) is 10.6 Å². The molecule has 1 fully saturated rings. The van der Waals surface area contributed by atoms with E-state index < -0.39 is 24.7 Å². The topological polar surface area (TPSA) is 75.1 Å². The first-order valence-electron chi connectivity index (χ1n) is 8.09. The maximum Gasteiger partial charge on any atom is 0.405 e. The molecule has 1 amide bonds. The Morgan fingerprint density at radius 3 is 2.57 bits per heavy atom. The number of hydrogen-bond donors (Lipinski definition) is 2. The van der Waals surface area contributed by atoms with Crippen molar-refractivity contribution in [2.75, 3.05) is 32.7 Å². The standard InChI is InChI=1S/C15H19F3N6OS.2ClH/c1-23-9-10(6-22-23)14-21-7-11(26-14)13(25)20-8-12(15(16,17)18)24-4-2-19-3-5-24;;/h6-7,9,12,19H,2-5,8H2,1H3,(H,20,25);2*1H. The van der Waals surface area contributed by atoms with E-state index in [9.17, 15) is 18.0 Å². The molecule has 1 unspecified atom stereocenters. The first kappa shape index (κ1) is 24.6. The van der Waals surface area contributed by atoms with Gasteiger partial charge in [-0.15, -0.1) is 36.2 Å². The molecule has 1 atom stereocenters. The molecule has 7 nitrogen and oxygen atoms in total. The van der Waals surface area contributed by atoms with E-state index in [1.54, 1.807) is 24.1 Å². The van der Waals surface area contributed by atoms with Gasteiger partial charge in [0.1, 0.15) is 15.9 Å². The monoisotopic (exact) mass is 460 g/mol. The van der Waals surface area contributed by atoms with Crippen LogP contribution in [0.4, 0.5) is 13.2 Å². The molecule has 3 heterocycles. The van der Waals surface area contributed by atoms with Crippen LogP contribution >= 0.6 is 36.2 Å². The number of carbonyl (C=O) groups excluding carboxylic acids is 1. The van der Waals surface area contributed by atoms with E-state index in [0.29, 0.717) is 31.2 Å². The molecular formula is C15H21Cl2F3N6OS. The number of carbonyl (C=O) groups is 1. The molecule has 2 N–H and O–H groups in total. The number of rotatable bonds is 5. The predicted molar refractivity (Wildman–Crippen MR) is 105 cm³/mol. The van der Waals surface area contributed by atoms with Gasteiger partial charge in [0, 0.05) is 51.5 Å². The van der Waals surface area contributed by atoms with E-state index in [1.165, 1.54) is 11.1 Å². The minimum absolute atomic E-state index is 0. The highest BCUT2D eigenvalue weighted by molar-refractivity contribution is 7.16. The van der Waals surface area contributed by atoms with Crippen molar-refractivity contribution in [1.82, 2.24) is 30.3 Å². The van der Waals surface area contributed by atoms with Crippen LogP contribution in [0.25, 0.3) is 10.6 Å². The molecule has 158 valence electrons. The lowest BCUT2D eigenvalue weighted by molar-refractivity contribution is -0.183. The van der Waals surface area contributed by atoms with E-state index in [1.807, 2.05) is 0 Å². The Balaban J connectivity index is 0.00000196. The van der Waals surface area contributed by atoms with Crippen LogP contribution < -0.4 is 10.6 Å². The second-order valence-electron chi connectivity index (χ2n) is 5.99. The number of halogens is 5. The predicted octanol–water partition coefficient (Wildman–Crippen LogP) is 1.95. The van der Waals surface area contributed by atoms with Gasteiger partial charge in [0.25, 0.3) is 5.91 Å². The highest BCUT2D eigenvalue weighted by atomic mass is 35.5. The molecule has 0 bridgehead atoms. The average molecular weight is 461 g/mol. The third kappa shape index (κ3) is 6.05. The fraction of sp³-hybridized carbons (Fsp3) is 0.533. The van der Waals surface area contributed by atoms with Gasteiger partial charge in [-0.2, -0.15) is 18.3 Å². The summed E-state index contributed by atoms with van der Waals surface area (Å²) < 4.78 is 41.7. The molecule has 0 aliphatic carbocycles. The number of piperazine rings is 1. The summed E-state index contributed by atoms with van der Waals surface area (Å²) in [6, 6.07) is -1.70. The summed E-state index contributed by atoms with van der Waals surface area (Å²) >= 11 is 1.12. The van der Waals surface area contributed by atoms with Gasteiger partial charge >= 0.3 is 6.18 Å². The molecule has 1 aliphatic heterocycles. The van der Waals surface area contributed by atoms with E-state index in [0.717, 1.165) is 16.9 Å². The normalized spacial score (nSPS) is 16.0. The highest BCUT2D eigenvalue weighted by Gasteiger charge is 2.43. The van der Waals surface area contributed by atoms with Crippen molar-refractivity contribution in [3.63, 3.8) is 0 Å². The number of aromatic nitrogens is 3. The second-order valence-corrected chi connectivity index (χ2v) is 7.02. The summed E-state index contributed by atoms with van der Waals surface area (Å²) in [6.07, 6.45) is 0.337. The summed E-state index contributed by atoms with van der Waals surface area (Å²) in [7, 11) is 1.76. The summed E-state index contributed by atoms with van der Waals surface area (Å²) in [5, 5.41) is 10.1. The van der Waals surface area contributed by atoms with Crippen LogP contribution in [-0.2, 0) is 7.05 Å². The lowest BCUT2D eigenvalue weighted by Crippen LogP contribution is -2.57. The molecule has 13 heteroatoms. The lowest BCUT2D eigenvalue weighted by atomic mass is 10.2. The number of amides is 1. The number of aryl methyl sites for hydroxylation is 1. The lowest BCUT2D eigenvalue weighted by Gasteiger charge is -2.35. The molecule has 1 aliphatic rings. The van der Waals surface area contributed by atoms with Crippen LogP contribution in [0, 0.1) is 0 Å². The Morgan fingerprint density at radius 1 is 1.32 bits per heavy atom. The smallest absolute Gasteiger partial charge is 0.349 e. The number of hydrogen-bond acceptors (Lipinski definition) is 6. The summed E-state index contributed by atoms with van der Waals surface area (Å²) in [5.41, 5.74) is 0.755. The zero-order chi connectivity index (χ0) is 18.7. The van der Waals surface area contributed by atoms with E-state index in [4.69, 9.17) is 0 Å². The Labute approximate surface area is 176 Å². The third-order valence-electron chi connectivity index (χ3n) is 4.11. The quantitative estimate of drug-likeness (QED) is 0.713. The minimum Gasteiger partial charge on any atom is -0.349 e. The van der Waals surface area contributed by atoms with Crippen LogP contribution in [0.1, 0.15) is 9.67 Å². The molecule has 28 heavy (non-hydrogen) atoms. The number of alkyl halides is 3. The summed E-state index contributed by atoms with van der Waals surface area (Å²) in [6.45, 7) is 1.12. The molecule has 0 aromatic carbocycles. The van der Waals surface area contributed by atoms with Crippen LogP contribution in [0.15, 0.2) is 18.6 Å². The molecule has 0 spiro atoms.